The summed E-state index contributed by atoms with van der Waals surface area (Å²) >= 11 is 1.49. The maximum atomic E-state index is 12.1. The molecule has 132 valence electrons. The molecule has 0 aliphatic carbocycles. The highest BCUT2D eigenvalue weighted by Crippen LogP contribution is 2.13. The van der Waals surface area contributed by atoms with E-state index in [1.54, 1.807) is 6.07 Å². The van der Waals surface area contributed by atoms with Crippen LogP contribution in [0, 0.1) is 6.92 Å². The average molecular weight is 365 g/mol. The molecule has 0 aliphatic rings. The van der Waals surface area contributed by atoms with Gasteiger partial charge in [0.25, 0.3) is 5.91 Å². The number of para-hydroxylation sites is 1. The second-order valence-corrected chi connectivity index (χ2v) is 6.86. The van der Waals surface area contributed by atoms with Crippen molar-refractivity contribution < 1.29 is 9.59 Å². The van der Waals surface area contributed by atoms with Gasteiger partial charge in [-0.3, -0.25) is 20.4 Å². The first kappa shape index (κ1) is 17.9. The summed E-state index contributed by atoms with van der Waals surface area (Å²) in [5.74, 6) is 0.316. The number of nitrogens with zero attached hydrogens (tertiary/aromatic N) is 1. The van der Waals surface area contributed by atoms with Crippen LogP contribution >= 0.6 is 11.8 Å². The van der Waals surface area contributed by atoms with E-state index < -0.39 is 5.91 Å². The zero-order valence-electron chi connectivity index (χ0n) is 14.4. The van der Waals surface area contributed by atoms with E-state index in [9.17, 15) is 9.59 Å². The van der Waals surface area contributed by atoms with Gasteiger partial charge in [0.15, 0.2) is 0 Å². The molecule has 26 heavy (non-hydrogen) atoms. The third-order valence-electron chi connectivity index (χ3n) is 3.77. The van der Waals surface area contributed by atoms with Gasteiger partial charge in [-0.05, 0) is 24.6 Å². The molecule has 0 saturated carbocycles. The van der Waals surface area contributed by atoms with Gasteiger partial charge in [-0.25, -0.2) is 4.98 Å². The topological polar surface area (TPSA) is 71.1 Å². The Morgan fingerprint density at radius 3 is 2.54 bits per heavy atom. The van der Waals surface area contributed by atoms with Crippen molar-refractivity contribution in [1.82, 2.24) is 15.8 Å². The van der Waals surface area contributed by atoms with Crippen LogP contribution in [0.25, 0.3) is 10.9 Å². The molecule has 2 N–H and O–H groups in total. The number of aryl methyl sites for hydroxylation is 1. The monoisotopic (exact) mass is 365 g/mol. The molecule has 2 amide bonds. The molecule has 0 atom stereocenters. The minimum absolute atomic E-state index is 0.253. The fourth-order valence-electron chi connectivity index (χ4n) is 2.36. The van der Waals surface area contributed by atoms with Crippen molar-refractivity contribution in [2.75, 3.05) is 5.75 Å². The van der Waals surface area contributed by atoms with Crippen molar-refractivity contribution in [3.05, 3.63) is 77.5 Å². The largest absolute Gasteiger partial charge is 0.288 e. The number of rotatable bonds is 5. The van der Waals surface area contributed by atoms with Gasteiger partial charge in [0.2, 0.25) is 5.91 Å². The molecule has 5 nitrogen and oxygen atoms in total. The van der Waals surface area contributed by atoms with E-state index in [1.165, 1.54) is 17.3 Å². The number of carbonyl (C=O) groups excluding carboxylic acids is 2. The highest BCUT2D eigenvalue weighted by atomic mass is 32.2. The molecule has 0 aliphatic heterocycles. The van der Waals surface area contributed by atoms with Crippen LogP contribution in [0.15, 0.2) is 60.7 Å². The quantitative estimate of drug-likeness (QED) is 0.681. The number of carbonyl (C=O) groups is 2. The predicted octanol–water partition coefficient (Wildman–Crippen LogP) is 3.24. The molecule has 2 aromatic carbocycles. The van der Waals surface area contributed by atoms with Crippen molar-refractivity contribution in [2.24, 2.45) is 0 Å². The summed E-state index contributed by atoms with van der Waals surface area (Å²) < 4.78 is 0. The molecule has 1 heterocycles. The Balaban J connectivity index is 1.45. The summed E-state index contributed by atoms with van der Waals surface area (Å²) in [6, 6.07) is 19.2. The summed E-state index contributed by atoms with van der Waals surface area (Å²) in [7, 11) is 0. The number of fused-ring (bicyclic) bond motifs is 1. The second-order valence-electron chi connectivity index (χ2n) is 5.87. The molecule has 0 saturated heterocycles. The molecule has 0 radical (unpaired) electrons. The molecule has 0 fully saturated rings. The summed E-state index contributed by atoms with van der Waals surface area (Å²) in [6.45, 7) is 2.04. The van der Waals surface area contributed by atoms with Crippen LogP contribution in [0.4, 0.5) is 0 Å². The molecule has 0 spiro atoms. The van der Waals surface area contributed by atoms with E-state index in [1.807, 2.05) is 61.5 Å². The Bertz CT molecular complexity index is 926. The first-order chi connectivity index (χ1) is 12.6. The number of benzene rings is 2. The smallest absolute Gasteiger partial charge is 0.272 e. The average Bonchev–Trinajstić information content (AvgIpc) is 2.67. The number of thioether (sulfide) groups is 1. The first-order valence-corrected chi connectivity index (χ1v) is 9.35. The summed E-state index contributed by atoms with van der Waals surface area (Å²) in [5.41, 5.74) is 8.20. The number of hydrazine groups is 1. The lowest BCUT2D eigenvalue weighted by Crippen LogP contribution is -2.42. The Kier molecular flexibility index (Phi) is 5.86. The Labute approximate surface area is 156 Å². The molecule has 3 rings (SSSR count). The Hall–Kier alpha value is -2.86. The highest BCUT2D eigenvalue weighted by molar-refractivity contribution is 7.99. The zero-order chi connectivity index (χ0) is 18.4. The SMILES string of the molecule is Cc1ccc(CSCC(=O)NNC(=O)c2ccc3ccccc3n2)cc1. The van der Waals surface area contributed by atoms with Crippen LogP contribution in [-0.4, -0.2) is 22.6 Å². The van der Waals surface area contributed by atoms with Crippen molar-refractivity contribution in [3.63, 3.8) is 0 Å². The number of hydrogen-bond acceptors (Lipinski definition) is 4. The van der Waals surface area contributed by atoms with Crippen molar-refractivity contribution >= 4 is 34.5 Å². The molecule has 0 unspecified atom stereocenters. The van der Waals surface area contributed by atoms with E-state index in [4.69, 9.17) is 0 Å². The van der Waals surface area contributed by atoms with Crippen molar-refractivity contribution in [2.45, 2.75) is 12.7 Å². The van der Waals surface area contributed by atoms with Crippen LogP contribution in [0.2, 0.25) is 0 Å². The third-order valence-corrected chi connectivity index (χ3v) is 4.77. The maximum absolute atomic E-state index is 12.1. The second kappa shape index (κ2) is 8.49. The van der Waals surface area contributed by atoms with E-state index in [-0.39, 0.29) is 17.4 Å². The number of pyridine rings is 1. The van der Waals surface area contributed by atoms with Gasteiger partial charge >= 0.3 is 0 Å². The van der Waals surface area contributed by atoms with Crippen LogP contribution < -0.4 is 10.9 Å². The minimum atomic E-state index is -0.437. The number of amides is 2. The fourth-order valence-corrected chi connectivity index (χ4v) is 3.15. The lowest BCUT2D eigenvalue weighted by molar-refractivity contribution is -0.119. The molecule has 6 heteroatoms. The minimum Gasteiger partial charge on any atom is -0.272 e. The van der Waals surface area contributed by atoms with Gasteiger partial charge in [-0.15, -0.1) is 11.8 Å². The standard InChI is InChI=1S/C20H19N3O2S/c1-14-6-8-15(9-7-14)12-26-13-19(24)22-23-20(25)18-11-10-16-4-2-3-5-17(16)21-18/h2-11H,12-13H2,1H3,(H,22,24)(H,23,25). The Morgan fingerprint density at radius 2 is 1.73 bits per heavy atom. The van der Waals surface area contributed by atoms with Gasteiger partial charge in [0.1, 0.15) is 5.69 Å². The number of aromatic nitrogens is 1. The number of hydrogen-bond donors (Lipinski definition) is 2. The van der Waals surface area contributed by atoms with Gasteiger partial charge in [-0.1, -0.05) is 54.1 Å². The summed E-state index contributed by atoms with van der Waals surface area (Å²) in [6.07, 6.45) is 0. The lowest BCUT2D eigenvalue weighted by atomic mass is 10.2. The molecular formula is C20H19N3O2S. The molecule has 1 aromatic heterocycles. The fraction of sp³-hybridized carbons (Fsp3) is 0.150. The molecular weight excluding hydrogens is 346 g/mol. The summed E-state index contributed by atoms with van der Waals surface area (Å²) in [5, 5.41) is 0.959. The van der Waals surface area contributed by atoms with Crippen LogP contribution in [0.1, 0.15) is 21.6 Å². The summed E-state index contributed by atoms with van der Waals surface area (Å²) in [4.78, 5) is 28.3. The number of nitrogens with one attached hydrogen (secondary N) is 2. The van der Waals surface area contributed by atoms with E-state index in [0.717, 1.165) is 22.2 Å². The van der Waals surface area contributed by atoms with Crippen molar-refractivity contribution in [1.29, 1.82) is 0 Å². The maximum Gasteiger partial charge on any atom is 0.288 e. The first-order valence-electron chi connectivity index (χ1n) is 8.20. The van der Waals surface area contributed by atoms with Gasteiger partial charge in [0, 0.05) is 11.1 Å². The van der Waals surface area contributed by atoms with Crippen LogP contribution in [-0.2, 0) is 10.5 Å². The highest BCUT2D eigenvalue weighted by Gasteiger charge is 2.09. The van der Waals surface area contributed by atoms with Gasteiger partial charge < -0.3 is 0 Å². The lowest BCUT2D eigenvalue weighted by Gasteiger charge is -2.08. The zero-order valence-corrected chi connectivity index (χ0v) is 15.2. The van der Waals surface area contributed by atoms with Crippen LogP contribution in [0.3, 0.4) is 0 Å². The normalized spacial score (nSPS) is 10.5. The Morgan fingerprint density at radius 1 is 0.962 bits per heavy atom. The van der Waals surface area contributed by atoms with E-state index >= 15 is 0 Å². The van der Waals surface area contributed by atoms with Crippen LogP contribution in [0.5, 0.6) is 0 Å². The van der Waals surface area contributed by atoms with Crippen molar-refractivity contribution in [3.8, 4) is 0 Å². The molecule has 0 bridgehead atoms. The third kappa shape index (κ3) is 4.83. The van der Waals surface area contributed by atoms with E-state index in [2.05, 4.69) is 15.8 Å². The van der Waals surface area contributed by atoms with Gasteiger partial charge in [0.05, 0.1) is 11.3 Å². The molecule has 3 aromatic rings. The van der Waals surface area contributed by atoms with E-state index in [0.29, 0.717) is 0 Å². The predicted molar refractivity (Wildman–Crippen MR) is 105 cm³/mol. The van der Waals surface area contributed by atoms with Gasteiger partial charge in [-0.2, -0.15) is 0 Å².